The predicted molar refractivity (Wildman–Crippen MR) is 89.7 cm³/mol. The van der Waals surface area contributed by atoms with Crippen LogP contribution in [0.5, 0.6) is 0 Å². The SMILES string of the molecule is CCCCOCl.Cc1ccc[c-]1C.Cc1ccc[c-]1C.[Zr+2]. The first kappa shape index (κ1) is 23.1. The Hall–Kier alpha value is -0.167. The molecule has 2 rings (SSSR count). The molecular weight excluding hydrogens is 359 g/mol. The molecule has 0 unspecified atom stereocenters. The first-order chi connectivity index (χ1) is 9.52. The van der Waals surface area contributed by atoms with Gasteiger partial charge in [-0.25, -0.2) is 24.3 Å². The van der Waals surface area contributed by atoms with Crippen molar-refractivity contribution < 1.29 is 30.5 Å². The van der Waals surface area contributed by atoms with Gasteiger partial charge < -0.3 is 0 Å². The van der Waals surface area contributed by atoms with Gasteiger partial charge in [0.25, 0.3) is 0 Å². The van der Waals surface area contributed by atoms with Gasteiger partial charge in [0, 0.05) is 0 Å². The number of halogens is 1. The van der Waals surface area contributed by atoms with Gasteiger partial charge in [-0.2, -0.15) is 34.4 Å². The largest absolute Gasteiger partial charge is 2.00 e. The summed E-state index contributed by atoms with van der Waals surface area (Å²) < 4.78 is 4.25. The minimum atomic E-state index is 0. The molecule has 0 aliphatic carbocycles. The van der Waals surface area contributed by atoms with Gasteiger partial charge in [-0.3, -0.25) is 4.29 Å². The average Bonchev–Trinajstić information content (AvgIpc) is 2.99. The molecule has 0 spiro atoms. The predicted octanol–water partition coefficient (Wildman–Crippen LogP) is 6.00. The van der Waals surface area contributed by atoms with Crippen molar-refractivity contribution >= 4 is 11.9 Å². The molecule has 2 aromatic rings. The number of rotatable bonds is 3. The Bertz CT molecular complexity index is 370. The Morgan fingerprint density at radius 3 is 1.52 bits per heavy atom. The molecule has 0 amide bonds. The van der Waals surface area contributed by atoms with Gasteiger partial charge in [0.05, 0.1) is 18.5 Å². The van der Waals surface area contributed by atoms with Crippen molar-refractivity contribution in [3.8, 4) is 0 Å². The Kier molecular flexibility index (Phi) is 16.2. The molecule has 0 fully saturated rings. The zero-order valence-corrected chi connectivity index (χ0v) is 17.1. The molecule has 0 bridgehead atoms. The van der Waals surface area contributed by atoms with Crippen LogP contribution in [0, 0.1) is 27.7 Å². The number of unbranched alkanes of at least 4 members (excludes halogenated alkanes) is 1. The quantitative estimate of drug-likeness (QED) is 0.465. The Morgan fingerprint density at radius 1 is 1.00 bits per heavy atom. The van der Waals surface area contributed by atoms with E-state index in [0.717, 1.165) is 12.8 Å². The maximum absolute atomic E-state index is 4.88. The molecular formula is C18H27ClOZr. The number of aryl methyl sites for hydroxylation is 4. The standard InChI is InChI=1S/2C7H9.C4H9ClO.Zr/c2*1-6-4-3-5-7(6)2;1-2-3-4-6-5;/h2*3-5H,1-2H3;2-4H2,1H3;/q2*-1;;+2. The van der Waals surface area contributed by atoms with E-state index in [0.29, 0.717) is 6.61 Å². The fourth-order valence-corrected chi connectivity index (χ4v) is 1.51. The molecule has 0 heterocycles. The van der Waals surface area contributed by atoms with Crippen LogP contribution in [0.3, 0.4) is 0 Å². The third-order valence-electron chi connectivity index (χ3n) is 3.20. The summed E-state index contributed by atoms with van der Waals surface area (Å²) in [5.41, 5.74) is 5.56. The second-order valence-corrected chi connectivity index (χ2v) is 5.17. The van der Waals surface area contributed by atoms with Crippen LogP contribution in [-0.2, 0) is 30.5 Å². The molecule has 2 aromatic carbocycles. The summed E-state index contributed by atoms with van der Waals surface area (Å²) in [7, 11) is 0. The van der Waals surface area contributed by atoms with Crippen molar-refractivity contribution in [2.75, 3.05) is 6.61 Å². The summed E-state index contributed by atoms with van der Waals surface area (Å²) in [5.74, 6) is 0. The van der Waals surface area contributed by atoms with Crippen molar-refractivity contribution in [2.45, 2.75) is 47.5 Å². The number of hydrogen-bond donors (Lipinski definition) is 0. The Labute approximate surface area is 154 Å². The molecule has 0 N–H and O–H groups in total. The first-order valence-corrected chi connectivity index (χ1v) is 7.45. The maximum Gasteiger partial charge on any atom is 2.00 e. The summed E-state index contributed by atoms with van der Waals surface area (Å²) in [4.78, 5) is 0. The van der Waals surface area contributed by atoms with Crippen LogP contribution in [0.1, 0.15) is 42.0 Å². The normalized spacial score (nSPS) is 8.86. The molecule has 0 saturated heterocycles. The van der Waals surface area contributed by atoms with Crippen molar-refractivity contribution in [1.82, 2.24) is 0 Å². The van der Waals surface area contributed by atoms with Crippen LogP contribution in [-0.4, -0.2) is 6.61 Å². The first-order valence-electron chi connectivity index (χ1n) is 7.14. The topological polar surface area (TPSA) is 9.23 Å². The van der Waals surface area contributed by atoms with Crippen molar-refractivity contribution in [2.24, 2.45) is 0 Å². The molecule has 0 radical (unpaired) electrons. The Balaban J connectivity index is 0. The molecule has 21 heavy (non-hydrogen) atoms. The monoisotopic (exact) mass is 384 g/mol. The van der Waals surface area contributed by atoms with E-state index in [2.05, 4.69) is 75.3 Å². The van der Waals surface area contributed by atoms with Gasteiger partial charge in [0.2, 0.25) is 0 Å². The molecule has 0 aromatic heterocycles. The zero-order valence-electron chi connectivity index (χ0n) is 13.9. The van der Waals surface area contributed by atoms with Crippen LogP contribution in [0.2, 0.25) is 0 Å². The molecule has 1 nitrogen and oxygen atoms in total. The second-order valence-electron chi connectivity index (χ2n) is 4.95. The summed E-state index contributed by atoms with van der Waals surface area (Å²) in [5, 5.41) is 0. The van der Waals surface area contributed by atoms with Gasteiger partial charge in [-0.1, -0.05) is 41.0 Å². The van der Waals surface area contributed by atoms with Crippen LogP contribution in [0.25, 0.3) is 0 Å². The van der Waals surface area contributed by atoms with Crippen LogP contribution in [0.4, 0.5) is 0 Å². The summed E-state index contributed by atoms with van der Waals surface area (Å²) in [6.07, 6.45) is 2.20. The van der Waals surface area contributed by atoms with Gasteiger partial charge in [0.15, 0.2) is 0 Å². The fourth-order valence-electron chi connectivity index (χ4n) is 1.40. The summed E-state index contributed by atoms with van der Waals surface area (Å²) >= 11 is 4.88. The van der Waals surface area contributed by atoms with E-state index >= 15 is 0 Å². The molecule has 3 heteroatoms. The van der Waals surface area contributed by atoms with E-state index in [1.807, 2.05) is 0 Å². The van der Waals surface area contributed by atoms with E-state index < -0.39 is 0 Å². The van der Waals surface area contributed by atoms with Gasteiger partial charge >= 0.3 is 26.2 Å². The molecule has 0 atom stereocenters. The van der Waals surface area contributed by atoms with Crippen LogP contribution in [0.15, 0.2) is 36.4 Å². The van der Waals surface area contributed by atoms with E-state index in [1.165, 1.54) is 22.3 Å². The third-order valence-corrected chi connectivity index (χ3v) is 3.36. The minimum absolute atomic E-state index is 0. The molecule has 0 aliphatic heterocycles. The van der Waals surface area contributed by atoms with E-state index in [9.17, 15) is 0 Å². The molecule has 116 valence electrons. The van der Waals surface area contributed by atoms with Gasteiger partial charge in [-0.15, -0.1) is 0 Å². The van der Waals surface area contributed by atoms with E-state index in [-0.39, 0.29) is 26.2 Å². The minimum Gasteiger partial charge on any atom is -0.279 e. The van der Waals surface area contributed by atoms with Gasteiger partial charge in [0.1, 0.15) is 0 Å². The smallest absolute Gasteiger partial charge is 0.279 e. The second kappa shape index (κ2) is 14.8. The maximum atomic E-state index is 4.88. The summed E-state index contributed by atoms with van der Waals surface area (Å²) in [6.45, 7) is 11.3. The molecule has 0 saturated carbocycles. The van der Waals surface area contributed by atoms with Crippen LogP contribution >= 0.6 is 11.9 Å². The fraction of sp³-hybridized carbons (Fsp3) is 0.444. The van der Waals surface area contributed by atoms with Crippen molar-refractivity contribution in [3.05, 3.63) is 58.7 Å². The van der Waals surface area contributed by atoms with Gasteiger partial charge in [-0.05, 0) is 6.42 Å². The van der Waals surface area contributed by atoms with E-state index in [4.69, 9.17) is 11.9 Å². The third kappa shape index (κ3) is 12.1. The summed E-state index contributed by atoms with van der Waals surface area (Å²) in [6, 6.07) is 12.6. The Morgan fingerprint density at radius 2 is 1.43 bits per heavy atom. The van der Waals surface area contributed by atoms with Crippen molar-refractivity contribution in [1.29, 1.82) is 0 Å². The van der Waals surface area contributed by atoms with Crippen molar-refractivity contribution in [3.63, 3.8) is 0 Å². The van der Waals surface area contributed by atoms with Crippen LogP contribution < -0.4 is 0 Å². The molecule has 0 aliphatic rings. The number of hydrogen-bond acceptors (Lipinski definition) is 1. The zero-order chi connectivity index (χ0) is 15.4. The average molecular weight is 386 g/mol. The van der Waals surface area contributed by atoms with E-state index in [1.54, 1.807) is 0 Å².